The SMILES string of the molecule is NCCCc1ccccc1CCF. The number of nitrogens with two attached hydrogens (primary N) is 1. The first kappa shape index (κ1) is 10.2. The van der Waals surface area contributed by atoms with Crippen molar-refractivity contribution >= 4 is 0 Å². The molecule has 1 aromatic rings. The lowest BCUT2D eigenvalue weighted by molar-refractivity contribution is 0.494. The van der Waals surface area contributed by atoms with Crippen LogP contribution in [0.15, 0.2) is 24.3 Å². The summed E-state index contributed by atoms with van der Waals surface area (Å²) in [5, 5.41) is 0. The van der Waals surface area contributed by atoms with Gasteiger partial charge in [-0.2, -0.15) is 0 Å². The lowest BCUT2D eigenvalue weighted by Crippen LogP contribution is -2.02. The fourth-order valence-corrected chi connectivity index (χ4v) is 1.44. The Morgan fingerprint density at radius 3 is 2.23 bits per heavy atom. The van der Waals surface area contributed by atoms with E-state index in [1.807, 2.05) is 18.2 Å². The van der Waals surface area contributed by atoms with Crippen molar-refractivity contribution in [3.05, 3.63) is 35.4 Å². The second-order valence-corrected chi connectivity index (χ2v) is 3.10. The van der Waals surface area contributed by atoms with Gasteiger partial charge >= 0.3 is 0 Å². The molecule has 0 fully saturated rings. The van der Waals surface area contributed by atoms with Crippen molar-refractivity contribution in [2.45, 2.75) is 19.3 Å². The van der Waals surface area contributed by atoms with Crippen LogP contribution in [0, 0.1) is 0 Å². The summed E-state index contributed by atoms with van der Waals surface area (Å²) in [4.78, 5) is 0. The van der Waals surface area contributed by atoms with Crippen molar-refractivity contribution in [1.29, 1.82) is 0 Å². The van der Waals surface area contributed by atoms with Crippen molar-refractivity contribution in [2.24, 2.45) is 5.73 Å². The quantitative estimate of drug-likeness (QED) is 0.739. The van der Waals surface area contributed by atoms with E-state index in [1.165, 1.54) is 5.56 Å². The molecular formula is C11H16FN. The monoisotopic (exact) mass is 181 g/mol. The molecule has 0 amide bonds. The van der Waals surface area contributed by atoms with Gasteiger partial charge in [-0.15, -0.1) is 0 Å². The summed E-state index contributed by atoms with van der Waals surface area (Å²) in [5.74, 6) is 0. The number of aryl methyl sites for hydroxylation is 2. The Morgan fingerprint density at radius 1 is 1.08 bits per heavy atom. The number of hydrogen-bond acceptors (Lipinski definition) is 1. The molecule has 0 heterocycles. The molecule has 2 N–H and O–H groups in total. The molecule has 1 rings (SSSR count). The smallest absolute Gasteiger partial charge is 0.0934 e. The third-order valence-electron chi connectivity index (χ3n) is 2.13. The Kier molecular flexibility index (Phi) is 4.47. The molecule has 0 saturated carbocycles. The van der Waals surface area contributed by atoms with Gasteiger partial charge in [-0.3, -0.25) is 4.39 Å². The normalized spacial score (nSPS) is 10.3. The number of rotatable bonds is 5. The number of halogens is 1. The zero-order valence-electron chi connectivity index (χ0n) is 7.80. The van der Waals surface area contributed by atoms with Gasteiger partial charge in [0.05, 0.1) is 6.67 Å². The van der Waals surface area contributed by atoms with Crippen LogP contribution in [0.2, 0.25) is 0 Å². The van der Waals surface area contributed by atoms with E-state index in [0.717, 1.165) is 18.4 Å². The van der Waals surface area contributed by atoms with Crippen LogP contribution in [-0.2, 0) is 12.8 Å². The molecule has 0 aliphatic heterocycles. The molecule has 0 atom stereocenters. The number of hydrogen-bond donors (Lipinski definition) is 1. The molecule has 0 spiro atoms. The zero-order valence-corrected chi connectivity index (χ0v) is 7.80. The van der Waals surface area contributed by atoms with Gasteiger partial charge in [0.25, 0.3) is 0 Å². The Balaban J connectivity index is 2.66. The highest BCUT2D eigenvalue weighted by atomic mass is 19.1. The highest BCUT2D eigenvalue weighted by Gasteiger charge is 2.00. The van der Waals surface area contributed by atoms with Gasteiger partial charge < -0.3 is 5.73 Å². The van der Waals surface area contributed by atoms with Crippen molar-refractivity contribution < 1.29 is 4.39 Å². The molecule has 2 heteroatoms. The largest absolute Gasteiger partial charge is 0.330 e. The van der Waals surface area contributed by atoms with Gasteiger partial charge in [-0.1, -0.05) is 24.3 Å². The Morgan fingerprint density at radius 2 is 1.69 bits per heavy atom. The predicted octanol–water partition coefficient (Wildman–Crippen LogP) is 2.09. The fraction of sp³-hybridized carbons (Fsp3) is 0.455. The van der Waals surface area contributed by atoms with Gasteiger partial charge in [0.2, 0.25) is 0 Å². The van der Waals surface area contributed by atoms with E-state index in [4.69, 9.17) is 5.73 Å². The average molecular weight is 181 g/mol. The molecule has 0 saturated heterocycles. The van der Waals surface area contributed by atoms with Crippen molar-refractivity contribution in [1.82, 2.24) is 0 Å². The van der Waals surface area contributed by atoms with E-state index < -0.39 is 0 Å². The van der Waals surface area contributed by atoms with E-state index in [2.05, 4.69) is 6.07 Å². The third-order valence-corrected chi connectivity index (χ3v) is 2.13. The van der Waals surface area contributed by atoms with E-state index in [-0.39, 0.29) is 6.67 Å². The summed E-state index contributed by atoms with van der Waals surface area (Å²) in [6.45, 7) is 0.420. The van der Waals surface area contributed by atoms with Crippen LogP contribution in [-0.4, -0.2) is 13.2 Å². The Hall–Kier alpha value is -0.890. The minimum Gasteiger partial charge on any atom is -0.330 e. The van der Waals surface area contributed by atoms with Crippen molar-refractivity contribution in [3.8, 4) is 0 Å². The van der Waals surface area contributed by atoms with Gasteiger partial charge in [0, 0.05) is 6.42 Å². The van der Waals surface area contributed by atoms with E-state index in [0.29, 0.717) is 13.0 Å². The summed E-state index contributed by atoms with van der Waals surface area (Å²) in [6, 6.07) is 8.00. The minimum atomic E-state index is -0.278. The zero-order chi connectivity index (χ0) is 9.52. The van der Waals surface area contributed by atoms with Gasteiger partial charge in [0.1, 0.15) is 0 Å². The standard InChI is InChI=1S/C11H16FN/c12-8-7-11-5-2-1-4-10(11)6-3-9-13/h1-2,4-5H,3,6-9,13H2. The molecule has 13 heavy (non-hydrogen) atoms. The third kappa shape index (κ3) is 3.15. The number of alkyl halides is 1. The first-order valence-electron chi connectivity index (χ1n) is 4.71. The van der Waals surface area contributed by atoms with Gasteiger partial charge in [0.15, 0.2) is 0 Å². The lowest BCUT2D eigenvalue weighted by Gasteiger charge is -2.06. The Labute approximate surface area is 78.8 Å². The van der Waals surface area contributed by atoms with Crippen LogP contribution >= 0.6 is 0 Å². The highest BCUT2D eigenvalue weighted by molar-refractivity contribution is 5.27. The van der Waals surface area contributed by atoms with E-state index in [9.17, 15) is 4.39 Å². The molecule has 0 unspecified atom stereocenters. The van der Waals surface area contributed by atoms with Crippen molar-refractivity contribution in [3.63, 3.8) is 0 Å². The second-order valence-electron chi connectivity index (χ2n) is 3.10. The molecule has 0 aromatic heterocycles. The van der Waals surface area contributed by atoms with Crippen LogP contribution in [0.25, 0.3) is 0 Å². The average Bonchev–Trinajstić information content (AvgIpc) is 2.17. The maximum atomic E-state index is 12.2. The van der Waals surface area contributed by atoms with Gasteiger partial charge in [-0.05, 0) is 30.5 Å². The second kappa shape index (κ2) is 5.70. The molecule has 0 bridgehead atoms. The summed E-state index contributed by atoms with van der Waals surface area (Å²) in [5.41, 5.74) is 7.79. The van der Waals surface area contributed by atoms with Crippen LogP contribution in [0.3, 0.4) is 0 Å². The van der Waals surface area contributed by atoms with Gasteiger partial charge in [-0.25, -0.2) is 0 Å². The fourth-order valence-electron chi connectivity index (χ4n) is 1.44. The van der Waals surface area contributed by atoms with Crippen LogP contribution < -0.4 is 5.73 Å². The lowest BCUT2D eigenvalue weighted by atomic mass is 10.0. The molecule has 0 aliphatic rings. The summed E-state index contributed by atoms with van der Waals surface area (Å²) >= 11 is 0. The molecule has 72 valence electrons. The summed E-state index contributed by atoms with van der Waals surface area (Å²) in [7, 11) is 0. The van der Waals surface area contributed by atoms with Crippen LogP contribution in [0.5, 0.6) is 0 Å². The minimum absolute atomic E-state index is 0.278. The first-order chi connectivity index (χ1) is 6.38. The topological polar surface area (TPSA) is 26.0 Å². The molecule has 0 aliphatic carbocycles. The predicted molar refractivity (Wildman–Crippen MR) is 53.5 cm³/mol. The molecule has 0 radical (unpaired) electrons. The first-order valence-corrected chi connectivity index (χ1v) is 4.71. The van der Waals surface area contributed by atoms with Crippen LogP contribution in [0.1, 0.15) is 17.5 Å². The summed E-state index contributed by atoms with van der Waals surface area (Å²) in [6.07, 6.45) is 2.47. The highest BCUT2D eigenvalue weighted by Crippen LogP contribution is 2.11. The Bertz CT molecular complexity index is 248. The van der Waals surface area contributed by atoms with E-state index >= 15 is 0 Å². The molecule has 1 nitrogen and oxygen atoms in total. The maximum Gasteiger partial charge on any atom is 0.0934 e. The maximum absolute atomic E-state index is 12.2. The molecule has 1 aromatic carbocycles. The number of benzene rings is 1. The molecular weight excluding hydrogens is 165 g/mol. The summed E-state index contributed by atoms with van der Waals surface area (Å²) < 4.78 is 12.2. The van der Waals surface area contributed by atoms with E-state index in [1.54, 1.807) is 0 Å². The van der Waals surface area contributed by atoms with Crippen molar-refractivity contribution in [2.75, 3.05) is 13.2 Å². The van der Waals surface area contributed by atoms with Crippen LogP contribution in [0.4, 0.5) is 4.39 Å².